The number of benzene rings is 1. The maximum atomic E-state index is 10.9. The number of hydrogen-bond donors (Lipinski definition) is 0. The lowest BCUT2D eigenvalue weighted by molar-refractivity contribution is -0.116. The van der Waals surface area contributed by atoms with E-state index in [-0.39, 0.29) is 5.78 Å². The second kappa shape index (κ2) is 5.51. The number of halogens is 2. The Hall–Kier alpha value is -0.790. The van der Waals surface area contributed by atoms with Gasteiger partial charge in [-0.1, -0.05) is 29.8 Å². The third-order valence-corrected chi connectivity index (χ3v) is 3.25. The fourth-order valence-electron chi connectivity index (χ4n) is 1.32. The van der Waals surface area contributed by atoms with Crippen molar-refractivity contribution < 1.29 is 4.79 Å². The molecule has 0 saturated carbocycles. The van der Waals surface area contributed by atoms with Crippen LogP contribution < -0.4 is 0 Å². The van der Waals surface area contributed by atoms with Gasteiger partial charge >= 0.3 is 0 Å². The minimum Gasteiger partial charge on any atom is -0.300 e. The number of ketones is 1. The lowest BCUT2D eigenvalue weighted by Gasteiger charge is -2.08. The van der Waals surface area contributed by atoms with Gasteiger partial charge in [-0.25, -0.2) is 0 Å². The molecule has 86 valence electrons. The highest BCUT2D eigenvalue weighted by Crippen LogP contribution is 2.29. The van der Waals surface area contributed by atoms with E-state index in [1.165, 1.54) is 0 Å². The second-order valence-electron chi connectivity index (χ2n) is 3.87. The van der Waals surface area contributed by atoms with Crippen molar-refractivity contribution in [3.8, 4) is 0 Å². The molecule has 0 atom stereocenters. The van der Waals surface area contributed by atoms with Crippen LogP contribution in [0.25, 0.3) is 5.57 Å². The van der Waals surface area contributed by atoms with Crippen LogP contribution in [0.4, 0.5) is 0 Å². The first-order valence-electron chi connectivity index (χ1n) is 5.05. The molecule has 0 saturated heterocycles. The summed E-state index contributed by atoms with van der Waals surface area (Å²) in [5, 5.41) is 1.26. The third-order valence-electron chi connectivity index (χ3n) is 2.47. The monoisotopic (exact) mass is 256 g/mol. The summed E-state index contributed by atoms with van der Waals surface area (Å²) in [5.41, 5.74) is 2.66. The van der Waals surface area contributed by atoms with Crippen molar-refractivity contribution in [1.82, 2.24) is 0 Å². The number of hydrogen-bond acceptors (Lipinski definition) is 1. The van der Waals surface area contributed by atoms with Gasteiger partial charge in [-0.15, -0.1) is 0 Å². The summed E-state index contributed by atoms with van der Waals surface area (Å²) in [4.78, 5) is 10.9. The van der Waals surface area contributed by atoms with Crippen LogP contribution >= 0.6 is 23.2 Å². The molecule has 0 amide bonds. The number of allylic oxidation sites excluding steroid dienone is 1. The highest BCUT2D eigenvalue weighted by molar-refractivity contribution is 6.36. The lowest BCUT2D eigenvalue weighted by atomic mass is 10.0. The van der Waals surface area contributed by atoms with E-state index in [1.807, 2.05) is 19.1 Å². The van der Waals surface area contributed by atoms with Crippen LogP contribution in [-0.4, -0.2) is 5.78 Å². The average molecular weight is 257 g/mol. The molecule has 0 aliphatic carbocycles. The van der Waals surface area contributed by atoms with E-state index in [2.05, 4.69) is 6.58 Å². The van der Waals surface area contributed by atoms with Gasteiger partial charge < -0.3 is 4.79 Å². The fourth-order valence-corrected chi connectivity index (χ4v) is 1.81. The highest BCUT2D eigenvalue weighted by atomic mass is 35.5. The SMILES string of the molecule is C=C(CCC(C)=O)c1cc(Cl)c(C)c(Cl)c1. The Bertz CT molecular complexity index is 413. The Balaban J connectivity index is 2.88. The predicted octanol–water partition coefficient (Wildman–Crippen LogP) is 4.68. The van der Waals surface area contributed by atoms with Gasteiger partial charge in [-0.3, -0.25) is 0 Å². The van der Waals surface area contributed by atoms with Crippen molar-refractivity contribution in [3.63, 3.8) is 0 Å². The summed E-state index contributed by atoms with van der Waals surface area (Å²) in [6.45, 7) is 7.38. The van der Waals surface area contributed by atoms with Gasteiger partial charge in [0.25, 0.3) is 0 Å². The van der Waals surface area contributed by atoms with E-state index >= 15 is 0 Å². The van der Waals surface area contributed by atoms with Gasteiger partial charge in [0.1, 0.15) is 5.78 Å². The molecule has 1 aromatic carbocycles. The van der Waals surface area contributed by atoms with Gasteiger partial charge in [-0.2, -0.15) is 0 Å². The maximum Gasteiger partial charge on any atom is 0.130 e. The molecule has 0 fully saturated rings. The summed E-state index contributed by atoms with van der Waals surface area (Å²) in [6, 6.07) is 3.68. The topological polar surface area (TPSA) is 17.1 Å². The molecule has 16 heavy (non-hydrogen) atoms. The predicted molar refractivity (Wildman–Crippen MR) is 70.1 cm³/mol. The minimum atomic E-state index is 0.158. The first-order valence-corrected chi connectivity index (χ1v) is 5.80. The van der Waals surface area contributed by atoms with Gasteiger partial charge in [0.05, 0.1) is 0 Å². The second-order valence-corrected chi connectivity index (χ2v) is 4.68. The lowest BCUT2D eigenvalue weighted by Crippen LogP contribution is -1.92. The van der Waals surface area contributed by atoms with E-state index in [0.29, 0.717) is 22.9 Å². The molecule has 0 unspecified atom stereocenters. The van der Waals surface area contributed by atoms with Crippen LogP contribution in [0.5, 0.6) is 0 Å². The van der Waals surface area contributed by atoms with E-state index in [9.17, 15) is 4.79 Å². The number of Topliss-reactive ketones (excluding diaryl/α,β-unsaturated/α-hetero) is 1. The Morgan fingerprint density at radius 1 is 1.25 bits per heavy atom. The largest absolute Gasteiger partial charge is 0.300 e. The van der Waals surface area contributed by atoms with Crippen LogP contribution in [0.3, 0.4) is 0 Å². The van der Waals surface area contributed by atoms with Crippen molar-refractivity contribution >= 4 is 34.6 Å². The van der Waals surface area contributed by atoms with Gasteiger partial charge in [0.15, 0.2) is 0 Å². The van der Waals surface area contributed by atoms with E-state index in [1.54, 1.807) is 6.92 Å². The molecule has 0 heterocycles. The molecule has 0 aromatic heterocycles. The highest BCUT2D eigenvalue weighted by Gasteiger charge is 2.07. The number of carbonyl (C=O) groups is 1. The zero-order valence-electron chi connectivity index (χ0n) is 9.44. The Morgan fingerprint density at radius 2 is 1.75 bits per heavy atom. The molecule has 3 heteroatoms. The summed E-state index contributed by atoms with van der Waals surface area (Å²) in [5.74, 6) is 0.158. The van der Waals surface area contributed by atoms with Crippen LogP contribution in [0.2, 0.25) is 10.0 Å². The third kappa shape index (κ3) is 3.36. The molecule has 0 aliphatic heterocycles. The van der Waals surface area contributed by atoms with Crippen LogP contribution in [-0.2, 0) is 4.79 Å². The molecule has 1 nitrogen and oxygen atoms in total. The molecule has 0 N–H and O–H groups in total. The summed E-state index contributed by atoms with van der Waals surface area (Å²) in [7, 11) is 0. The van der Waals surface area contributed by atoms with Crippen LogP contribution in [0.1, 0.15) is 30.9 Å². The molecule has 0 radical (unpaired) electrons. The molecular formula is C13H14Cl2O. The summed E-state index contributed by atoms with van der Waals surface area (Å²) in [6.07, 6.45) is 1.15. The van der Waals surface area contributed by atoms with E-state index in [4.69, 9.17) is 23.2 Å². The minimum absolute atomic E-state index is 0.158. The summed E-state index contributed by atoms with van der Waals surface area (Å²) >= 11 is 12.1. The molecule has 1 rings (SSSR count). The quantitative estimate of drug-likeness (QED) is 0.765. The maximum absolute atomic E-state index is 10.9. The van der Waals surface area contributed by atoms with Crippen molar-refractivity contribution in [2.24, 2.45) is 0 Å². The smallest absolute Gasteiger partial charge is 0.130 e. The number of rotatable bonds is 4. The molecular weight excluding hydrogens is 243 g/mol. The zero-order chi connectivity index (χ0) is 12.3. The fraction of sp³-hybridized carbons (Fsp3) is 0.308. The van der Waals surface area contributed by atoms with Crippen molar-refractivity contribution in [1.29, 1.82) is 0 Å². The normalized spacial score (nSPS) is 10.2. The first kappa shape index (κ1) is 13.3. The van der Waals surface area contributed by atoms with Crippen LogP contribution in [0, 0.1) is 6.92 Å². The average Bonchev–Trinajstić information content (AvgIpc) is 2.21. The first-order chi connectivity index (χ1) is 7.41. The standard InChI is InChI=1S/C13H14Cl2O/c1-8(4-5-9(2)16)11-6-12(14)10(3)13(15)7-11/h6-7H,1,4-5H2,2-3H3. The summed E-state index contributed by atoms with van der Waals surface area (Å²) < 4.78 is 0. The molecule has 0 spiro atoms. The zero-order valence-corrected chi connectivity index (χ0v) is 11.0. The molecule has 0 aliphatic rings. The van der Waals surface area contributed by atoms with Crippen molar-refractivity contribution in [2.75, 3.05) is 0 Å². The van der Waals surface area contributed by atoms with E-state index in [0.717, 1.165) is 16.7 Å². The Kier molecular flexibility index (Phi) is 4.57. The van der Waals surface area contributed by atoms with Crippen LogP contribution in [0.15, 0.2) is 18.7 Å². The van der Waals surface area contributed by atoms with Gasteiger partial charge in [-0.05, 0) is 49.1 Å². The molecule has 1 aromatic rings. The van der Waals surface area contributed by atoms with Gasteiger partial charge in [0.2, 0.25) is 0 Å². The van der Waals surface area contributed by atoms with E-state index < -0.39 is 0 Å². The molecule has 0 bridgehead atoms. The van der Waals surface area contributed by atoms with Gasteiger partial charge in [0, 0.05) is 16.5 Å². The Labute approximate surface area is 106 Å². The number of carbonyl (C=O) groups excluding carboxylic acids is 1. The van der Waals surface area contributed by atoms with Crippen molar-refractivity contribution in [3.05, 3.63) is 39.9 Å². The Morgan fingerprint density at radius 3 is 2.19 bits per heavy atom. The van der Waals surface area contributed by atoms with Crippen molar-refractivity contribution in [2.45, 2.75) is 26.7 Å².